The van der Waals surface area contributed by atoms with Crippen molar-refractivity contribution in [3.05, 3.63) is 59.7 Å². The van der Waals surface area contributed by atoms with E-state index in [1.165, 1.54) is 17.0 Å². The smallest absolute Gasteiger partial charge is 0.285 e. The number of hydrogen-bond donors (Lipinski definition) is 1. The van der Waals surface area contributed by atoms with Crippen molar-refractivity contribution >= 4 is 18.3 Å². The van der Waals surface area contributed by atoms with E-state index in [0.29, 0.717) is 18.1 Å². The zero-order chi connectivity index (χ0) is 22.9. The third kappa shape index (κ3) is 8.28. The Kier molecular flexibility index (Phi) is 11.4. The number of halogens is 3. The lowest BCUT2D eigenvalue weighted by Crippen LogP contribution is -2.48. The molecule has 1 amide bonds. The predicted molar refractivity (Wildman–Crippen MR) is 125 cm³/mol. The number of ether oxygens (including phenoxy) is 2. The molecule has 1 unspecified atom stereocenters. The van der Waals surface area contributed by atoms with Crippen molar-refractivity contribution in [3.63, 3.8) is 0 Å². The van der Waals surface area contributed by atoms with Gasteiger partial charge in [-0.25, -0.2) is 0 Å². The van der Waals surface area contributed by atoms with Crippen molar-refractivity contribution < 1.29 is 23.0 Å². The molecule has 0 bridgehead atoms. The summed E-state index contributed by atoms with van der Waals surface area (Å²) in [6.07, 6.45) is 2.12. The summed E-state index contributed by atoms with van der Waals surface area (Å²) in [5, 5.41) is 2.78. The van der Waals surface area contributed by atoms with Gasteiger partial charge in [-0.1, -0.05) is 37.6 Å². The molecule has 0 saturated carbocycles. The molecule has 0 saturated heterocycles. The van der Waals surface area contributed by atoms with E-state index in [4.69, 9.17) is 9.47 Å². The molecule has 0 heterocycles. The third-order valence-corrected chi connectivity index (χ3v) is 4.93. The maximum atomic E-state index is 14.9. The Bertz CT molecular complexity index is 832. The summed E-state index contributed by atoms with van der Waals surface area (Å²) >= 11 is 0. The summed E-state index contributed by atoms with van der Waals surface area (Å²) < 4.78 is 40.5. The van der Waals surface area contributed by atoms with Gasteiger partial charge >= 0.3 is 0 Å². The first kappa shape index (κ1) is 27.7. The highest BCUT2D eigenvalue weighted by Gasteiger charge is 2.34. The highest BCUT2D eigenvalue weighted by Crippen LogP contribution is 2.30. The van der Waals surface area contributed by atoms with Crippen molar-refractivity contribution in [1.29, 1.82) is 0 Å². The SMILES string of the molecule is CCCCOc1cccc(C(F)(F)CNC(Cc2ccc(OC)cc2)C(=O)N(C)C)c1.Cl. The number of alkyl halides is 2. The Labute approximate surface area is 195 Å². The number of rotatable bonds is 12. The van der Waals surface area contributed by atoms with E-state index in [9.17, 15) is 13.6 Å². The largest absolute Gasteiger partial charge is 0.497 e. The van der Waals surface area contributed by atoms with E-state index < -0.39 is 18.5 Å². The van der Waals surface area contributed by atoms with Crippen molar-refractivity contribution in [3.8, 4) is 11.5 Å². The fraction of sp³-hybridized carbons (Fsp3) is 0.458. The second-order valence-electron chi connectivity index (χ2n) is 7.65. The second kappa shape index (κ2) is 13.2. The number of methoxy groups -OCH3 is 1. The third-order valence-electron chi connectivity index (χ3n) is 4.93. The van der Waals surface area contributed by atoms with Crippen LogP contribution in [0.15, 0.2) is 48.5 Å². The molecule has 1 N–H and O–H groups in total. The lowest BCUT2D eigenvalue weighted by atomic mass is 10.0. The molecule has 0 aliphatic heterocycles. The van der Waals surface area contributed by atoms with Gasteiger partial charge in [0.25, 0.3) is 5.92 Å². The van der Waals surface area contributed by atoms with E-state index in [2.05, 4.69) is 5.32 Å². The fourth-order valence-corrected chi connectivity index (χ4v) is 3.06. The number of nitrogens with zero attached hydrogens (tertiary/aromatic N) is 1. The zero-order valence-corrected chi connectivity index (χ0v) is 19.9. The maximum absolute atomic E-state index is 14.9. The van der Waals surface area contributed by atoms with E-state index in [0.717, 1.165) is 18.4 Å². The Morgan fingerprint density at radius 2 is 1.81 bits per heavy atom. The molecule has 0 aliphatic rings. The summed E-state index contributed by atoms with van der Waals surface area (Å²) in [6, 6.07) is 12.4. The lowest BCUT2D eigenvalue weighted by Gasteiger charge is -2.25. The number of carbonyl (C=O) groups excluding carboxylic acids is 1. The molecular weight excluding hydrogens is 438 g/mol. The molecule has 178 valence electrons. The average molecular weight is 471 g/mol. The Morgan fingerprint density at radius 3 is 2.41 bits per heavy atom. The molecule has 2 aromatic carbocycles. The summed E-state index contributed by atoms with van der Waals surface area (Å²) in [5.74, 6) is -2.30. The van der Waals surface area contributed by atoms with Crippen LogP contribution in [0.2, 0.25) is 0 Å². The van der Waals surface area contributed by atoms with Gasteiger partial charge in [0.2, 0.25) is 5.91 Å². The number of unbranched alkanes of at least 4 members (excludes halogenated alkanes) is 1. The van der Waals surface area contributed by atoms with Gasteiger partial charge in [0.15, 0.2) is 0 Å². The molecule has 2 rings (SSSR count). The van der Waals surface area contributed by atoms with Crippen LogP contribution < -0.4 is 14.8 Å². The van der Waals surface area contributed by atoms with Gasteiger partial charge in [-0.2, -0.15) is 8.78 Å². The van der Waals surface area contributed by atoms with Crippen LogP contribution in [0, 0.1) is 0 Å². The number of carbonyl (C=O) groups is 1. The van der Waals surface area contributed by atoms with Crippen LogP contribution >= 0.6 is 12.4 Å². The Morgan fingerprint density at radius 1 is 1.12 bits per heavy atom. The van der Waals surface area contributed by atoms with Crippen LogP contribution in [0.1, 0.15) is 30.9 Å². The van der Waals surface area contributed by atoms with Crippen LogP contribution in [-0.2, 0) is 17.1 Å². The summed E-state index contributed by atoms with van der Waals surface area (Å²) in [7, 11) is 4.79. The maximum Gasteiger partial charge on any atom is 0.285 e. The minimum Gasteiger partial charge on any atom is -0.497 e. The quantitative estimate of drug-likeness (QED) is 0.458. The van der Waals surface area contributed by atoms with Gasteiger partial charge in [0.1, 0.15) is 11.5 Å². The van der Waals surface area contributed by atoms with E-state index in [1.54, 1.807) is 45.5 Å². The molecule has 0 spiro atoms. The highest BCUT2D eigenvalue weighted by atomic mass is 35.5. The molecule has 5 nitrogen and oxygen atoms in total. The number of likely N-dealkylation sites (N-methyl/N-ethyl adjacent to an activating group) is 1. The van der Waals surface area contributed by atoms with Crippen molar-refractivity contribution in [2.24, 2.45) is 0 Å². The summed E-state index contributed by atoms with van der Waals surface area (Å²) in [4.78, 5) is 14.0. The fourth-order valence-electron chi connectivity index (χ4n) is 3.06. The van der Waals surface area contributed by atoms with Crippen molar-refractivity contribution in [2.45, 2.75) is 38.2 Å². The number of nitrogens with one attached hydrogen (secondary N) is 1. The molecule has 1 atom stereocenters. The molecular formula is C24H33ClF2N2O3. The first-order chi connectivity index (χ1) is 14.8. The standard InChI is InChI=1S/C24H32F2N2O3.ClH/c1-5-6-14-31-21-9-7-8-19(16-21)24(25,26)17-27-22(23(29)28(2)3)15-18-10-12-20(30-4)13-11-18;/h7-13,16,22,27H,5-6,14-15,17H2,1-4H3;1H. The average Bonchev–Trinajstić information content (AvgIpc) is 2.77. The minimum absolute atomic E-state index is 0. The lowest BCUT2D eigenvalue weighted by molar-refractivity contribution is -0.131. The summed E-state index contributed by atoms with van der Waals surface area (Å²) in [6.45, 7) is 1.87. The first-order valence-electron chi connectivity index (χ1n) is 10.5. The first-order valence-corrected chi connectivity index (χ1v) is 10.5. The van der Waals surface area contributed by atoms with Crippen LogP contribution in [-0.4, -0.2) is 51.2 Å². The van der Waals surface area contributed by atoms with Gasteiger partial charge < -0.3 is 14.4 Å². The van der Waals surface area contributed by atoms with Gasteiger partial charge in [-0.15, -0.1) is 12.4 Å². The van der Waals surface area contributed by atoms with Crippen LogP contribution in [0.4, 0.5) is 8.78 Å². The monoisotopic (exact) mass is 470 g/mol. The zero-order valence-electron chi connectivity index (χ0n) is 19.1. The summed E-state index contributed by atoms with van der Waals surface area (Å²) in [5.41, 5.74) is 0.706. The van der Waals surface area contributed by atoms with E-state index in [-0.39, 0.29) is 30.3 Å². The molecule has 32 heavy (non-hydrogen) atoms. The number of hydrogen-bond acceptors (Lipinski definition) is 4. The predicted octanol–water partition coefficient (Wildman–Crippen LogP) is 4.68. The molecule has 2 aromatic rings. The van der Waals surface area contributed by atoms with Gasteiger partial charge in [-0.3, -0.25) is 10.1 Å². The number of amides is 1. The van der Waals surface area contributed by atoms with Crippen molar-refractivity contribution in [1.82, 2.24) is 10.2 Å². The van der Waals surface area contributed by atoms with Crippen LogP contribution in [0.25, 0.3) is 0 Å². The normalized spacial score (nSPS) is 11.9. The Hall–Kier alpha value is -2.38. The van der Waals surface area contributed by atoms with E-state index in [1.807, 2.05) is 19.1 Å². The molecule has 0 radical (unpaired) electrons. The molecule has 8 heteroatoms. The minimum atomic E-state index is -3.16. The topological polar surface area (TPSA) is 50.8 Å². The highest BCUT2D eigenvalue weighted by molar-refractivity contribution is 5.85. The Balaban J connectivity index is 0.00000512. The van der Waals surface area contributed by atoms with Gasteiger partial charge in [0, 0.05) is 19.7 Å². The van der Waals surface area contributed by atoms with Crippen LogP contribution in [0.5, 0.6) is 11.5 Å². The molecule has 0 aromatic heterocycles. The second-order valence-corrected chi connectivity index (χ2v) is 7.65. The molecule has 0 aliphatic carbocycles. The van der Waals surface area contributed by atoms with E-state index >= 15 is 0 Å². The van der Waals surface area contributed by atoms with Crippen LogP contribution in [0.3, 0.4) is 0 Å². The van der Waals surface area contributed by atoms with Crippen molar-refractivity contribution in [2.75, 3.05) is 34.4 Å². The molecule has 0 fully saturated rings. The van der Waals surface area contributed by atoms with Gasteiger partial charge in [-0.05, 0) is 42.7 Å². The van der Waals surface area contributed by atoms with Gasteiger partial charge in [0.05, 0.1) is 26.3 Å². The number of benzene rings is 2.